The van der Waals surface area contributed by atoms with E-state index in [4.69, 9.17) is 17.3 Å². The second kappa shape index (κ2) is 5.92. The van der Waals surface area contributed by atoms with Gasteiger partial charge in [-0.1, -0.05) is 29.8 Å². The lowest BCUT2D eigenvalue weighted by Crippen LogP contribution is -2.27. The Bertz CT molecular complexity index is 646. The topological polar surface area (TPSA) is 55.1 Å². The minimum Gasteiger partial charge on any atom is -0.398 e. The molecule has 0 heterocycles. The molecule has 0 bridgehead atoms. The van der Waals surface area contributed by atoms with Crippen LogP contribution < -0.4 is 11.1 Å². The van der Waals surface area contributed by atoms with Crippen LogP contribution in [-0.4, -0.2) is 5.91 Å². The molecule has 0 fully saturated rings. The van der Waals surface area contributed by atoms with Gasteiger partial charge in [-0.2, -0.15) is 0 Å². The van der Waals surface area contributed by atoms with Gasteiger partial charge >= 0.3 is 0 Å². The van der Waals surface area contributed by atoms with Crippen LogP contribution >= 0.6 is 11.6 Å². The van der Waals surface area contributed by atoms with Crippen LogP contribution in [-0.2, 0) is 0 Å². The fourth-order valence-corrected chi connectivity index (χ4v) is 2.10. The van der Waals surface area contributed by atoms with E-state index in [1.807, 2.05) is 0 Å². The van der Waals surface area contributed by atoms with Crippen molar-refractivity contribution in [1.82, 2.24) is 5.32 Å². The van der Waals surface area contributed by atoms with Crippen LogP contribution in [0.3, 0.4) is 0 Å². The maximum Gasteiger partial charge on any atom is 0.253 e. The van der Waals surface area contributed by atoms with Crippen molar-refractivity contribution in [3.05, 3.63) is 64.4 Å². The van der Waals surface area contributed by atoms with Gasteiger partial charge in [0.1, 0.15) is 5.82 Å². The summed E-state index contributed by atoms with van der Waals surface area (Å²) >= 11 is 5.78. The number of benzene rings is 2. The van der Waals surface area contributed by atoms with Crippen LogP contribution in [0.15, 0.2) is 42.5 Å². The molecule has 0 saturated carbocycles. The number of amides is 1. The highest BCUT2D eigenvalue weighted by Gasteiger charge is 2.16. The lowest BCUT2D eigenvalue weighted by Gasteiger charge is -2.16. The molecule has 0 spiro atoms. The molecule has 3 N–H and O–H groups in total. The third-order valence-corrected chi connectivity index (χ3v) is 3.21. The quantitative estimate of drug-likeness (QED) is 0.850. The summed E-state index contributed by atoms with van der Waals surface area (Å²) in [6.45, 7) is 1.71. The molecule has 0 radical (unpaired) electrons. The summed E-state index contributed by atoms with van der Waals surface area (Å²) in [5, 5.41) is 3.17. The molecule has 2 aromatic carbocycles. The number of carbonyl (C=O) groups excluding carboxylic acids is 1. The van der Waals surface area contributed by atoms with Gasteiger partial charge in [0.15, 0.2) is 0 Å². The van der Waals surface area contributed by atoms with Crippen molar-refractivity contribution in [2.24, 2.45) is 0 Å². The Morgan fingerprint density at radius 2 is 2.00 bits per heavy atom. The van der Waals surface area contributed by atoms with E-state index in [2.05, 4.69) is 5.32 Å². The van der Waals surface area contributed by atoms with Gasteiger partial charge in [-0.3, -0.25) is 4.79 Å². The van der Waals surface area contributed by atoms with E-state index in [-0.39, 0.29) is 17.4 Å². The Hall–Kier alpha value is -2.07. The zero-order chi connectivity index (χ0) is 14.7. The highest BCUT2D eigenvalue weighted by Crippen LogP contribution is 2.20. The van der Waals surface area contributed by atoms with Crippen molar-refractivity contribution < 1.29 is 9.18 Å². The standard InChI is InChI=1S/C15H14ClFN2O/c1-9(11-4-2-3-5-13(11)17)19-15(20)12-7-6-10(16)8-14(12)18/h2-9H,18H2,1H3,(H,19,20)/t9-/m1/s1. The molecule has 0 aromatic heterocycles. The Labute approximate surface area is 121 Å². The van der Waals surface area contributed by atoms with Gasteiger partial charge in [-0.15, -0.1) is 0 Å². The van der Waals surface area contributed by atoms with Crippen LogP contribution in [0.25, 0.3) is 0 Å². The van der Waals surface area contributed by atoms with Gasteiger partial charge in [0.05, 0.1) is 11.6 Å². The van der Waals surface area contributed by atoms with E-state index in [0.29, 0.717) is 16.1 Å². The number of nitrogens with one attached hydrogen (secondary N) is 1. The molecule has 0 saturated heterocycles. The predicted octanol–water partition coefficient (Wildman–Crippen LogP) is 3.55. The van der Waals surface area contributed by atoms with Gasteiger partial charge in [0.25, 0.3) is 5.91 Å². The van der Waals surface area contributed by atoms with E-state index < -0.39 is 6.04 Å². The summed E-state index contributed by atoms with van der Waals surface area (Å²) in [7, 11) is 0. The zero-order valence-electron chi connectivity index (χ0n) is 10.9. The van der Waals surface area contributed by atoms with Crippen LogP contribution in [0.4, 0.5) is 10.1 Å². The van der Waals surface area contributed by atoms with E-state index in [1.165, 1.54) is 12.1 Å². The number of rotatable bonds is 3. The number of hydrogen-bond donors (Lipinski definition) is 2. The van der Waals surface area contributed by atoms with Crippen molar-refractivity contribution in [3.8, 4) is 0 Å². The molecular weight excluding hydrogens is 279 g/mol. The first-order valence-electron chi connectivity index (χ1n) is 6.09. The molecule has 3 nitrogen and oxygen atoms in total. The van der Waals surface area contributed by atoms with Crippen molar-refractivity contribution in [1.29, 1.82) is 0 Å². The molecule has 0 aliphatic rings. The summed E-state index contributed by atoms with van der Waals surface area (Å²) in [5.74, 6) is -0.723. The highest BCUT2D eigenvalue weighted by molar-refractivity contribution is 6.31. The fourth-order valence-electron chi connectivity index (χ4n) is 1.92. The molecule has 0 aliphatic carbocycles. The molecule has 1 atom stereocenters. The second-order valence-corrected chi connectivity index (χ2v) is 4.88. The average molecular weight is 293 g/mol. The van der Waals surface area contributed by atoms with Crippen LogP contribution in [0, 0.1) is 5.82 Å². The zero-order valence-corrected chi connectivity index (χ0v) is 11.6. The number of nitrogen functional groups attached to an aromatic ring is 1. The molecule has 0 unspecified atom stereocenters. The summed E-state index contributed by atoms with van der Waals surface area (Å²) in [4.78, 5) is 12.1. The summed E-state index contributed by atoms with van der Waals surface area (Å²) < 4.78 is 13.6. The number of nitrogens with two attached hydrogens (primary N) is 1. The van der Waals surface area contributed by atoms with Gasteiger partial charge in [-0.25, -0.2) is 4.39 Å². The summed E-state index contributed by atoms with van der Waals surface area (Å²) in [6.07, 6.45) is 0. The van der Waals surface area contributed by atoms with Crippen molar-refractivity contribution in [2.75, 3.05) is 5.73 Å². The molecule has 0 aliphatic heterocycles. The average Bonchev–Trinajstić information content (AvgIpc) is 2.38. The Kier molecular flexibility index (Phi) is 4.25. The number of anilines is 1. The fraction of sp³-hybridized carbons (Fsp3) is 0.133. The summed E-state index contributed by atoms with van der Waals surface area (Å²) in [5.41, 5.74) is 6.78. The molecule has 2 aromatic rings. The molecular formula is C15H14ClFN2O. The van der Waals surface area contributed by atoms with Crippen molar-refractivity contribution >= 4 is 23.2 Å². The van der Waals surface area contributed by atoms with E-state index in [9.17, 15) is 9.18 Å². The monoisotopic (exact) mass is 292 g/mol. The molecule has 1 amide bonds. The number of halogens is 2. The number of hydrogen-bond acceptors (Lipinski definition) is 2. The largest absolute Gasteiger partial charge is 0.398 e. The maximum absolute atomic E-state index is 13.6. The van der Waals surface area contributed by atoms with Gasteiger partial charge < -0.3 is 11.1 Å². The Balaban J connectivity index is 2.17. The first-order chi connectivity index (χ1) is 9.49. The minimum atomic E-state index is -0.459. The minimum absolute atomic E-state index is 0.288. The molecule has 104 valence electrons. The lowest BCUT2D eigenvalue weighted by atomic mass is 10.1. The normalized spacial score (nSPS) is 11.9. The summed E-state index contributed by atoms with van der Waals surface area (Å²) in [6, 6.07) is 10.5. The molecule has 20 heavy (non-hydrogen) atoms. The first kappa shape index (κ1) is 14.3. The van der Waals surface area contributed by atoms with Gasteiger partial charge in [0.2, 0.25) is 0 Å². The van der Waals surface area contributed by atoms with Gasteiger partial charge in [-0.05, 0) is 31.2 Å². The third-order valence-electron chi connectivity index (χ3n) is 2.98. The smallest absolute Gasteiger partial charge is 0.253 e. The van der Waals surface area contributed by atoms with Gasteiger partial charge in [0, 0.05) is 16.3 Å². The molecule has 2 rings (SSSR count). The molecule has 5 heteroatoms. The Morgan fingerprint density at radius 3 is 2.65 bits per heavy atom. The highest BCUT2D eigenvalue weighted by atomic mass is 35.5. The lowest BCUT2D eigenvalue weighted by molar-refractivity contribution is 0.0940. The van der Waals surface area contributed by atoms with Crippen molar-refractivity contribution in [2.45, 2.75) is 13.0 Å². The maximum atomic E-state index is 13.6. The SMILES string of the molecule is C[C@@H](NC(=O)c1ccc(Cl)cc1N)c1ccccc1F. The van der Waals surface area contributed by atoms with Crippen LogP contribution in [0.2, 0.25) is 5.02 Å². The van der Waals surface area contributed by atoms with Crippen LogP contribution in [0.5, 0.6) is 0 Å². The van der Waals surface area contributed by atoms with E-state index in [0.717, 1.165) is 0 Å². The Morgan fingerprint density at radius 1 is 1.30 bits per heavy atom. The third kappa shape index (κ3) is 3.08. The van der Waals surface area contributed by atoms with Crippen molar-refractivity contribution in [3.63, 3.8) is 0 Å². The second-order valence-electron chi connectivity index (χ2n) is 4.45. The first-order valence-corrected chi connectivity index (χ1v) is 6.47. The number of carbonyl (C=O) groups is 1. The van der Waals surface area contributed by atoms with Crippen LogP contribution in [0.1, 0.15) is 28.9 Å². The van der Waals surface area contributed by atoms with E-state index >= 15 is 0 Å². The van der Waals surface area contributed by atoms with E-state index in [1.54, 1.807) is 37.3 Å². The predicted molar refractivity (Wildman–Crippen MR) is 78.1 cm³/mol.